The third-order valence-electron chi connectivity index (χ3n) is 7.45. The molecule has 0 unspecified atom stereocenters. The summed E-state index contributed by atoms with van der Waals surface area (Å²) in [5.74, 6) is 0.288. The molecule has 2 heterocycles. The molecular formula is C27H40N4O6. The first-order valence-corrected chi connectivity index (χ1v) is 13.2. The van der Waals surface area contributed by atoms with Crippen molar-refractivity contribution in [1.82, 2.24) is 14.7 Å². The summed E-state index contributed by atoms with van der Waals surface area (Å²) < 4.78 is 17.4. The second-order valence-corrected chi connectivity index (χ2v) is 10.5. The largest absolute Gasteiger partial charge is 0.491 e. The molecule has 204 valence electrons. The SMILES string of the molecule is CO[C@H]1CN(C)C(=O)c2ccc(NC(=O)C3CC3)cc2OC[C@H](C)N(C(=O)CN2CCOCC2)C[C@H]1C. The zero-order valence-electron chi connectivity index (χ0n) is 22.4. The Bertz CT molecular complexity index is 978. The third-order valence-corrected chi connectivity index (χ3v) is 7.45. The molecule has 4 rings (SSSR count). The number of morpholine rings is 1. The Labute approximate surface area is 219 Å². The highest BCUT2D eigenvalue weighted by molar-refractivity contribution is 5.99. The number of nitrogens with zero attached hydrogens (tertiary/aromatic N) is 3. The molecule has 3 aliphatic rings. The van der Waals surface area contributed by atoms with Gasteiger partial charge in [-0.3, -0.25) is 19.3 Å². The van der Waals surface area contributed by atoms with Gasteiger partial charge >= 0.3 is 0 Å². The maximum Gasteiger partial charge on any atom is 0.257 e. The molecule has 1 saturated carbocycles. The smallest absolute Gasteiger partial charge is 0.257 e. The van der Waals surface area contributed by atoms with Crippen LogP contribution in [0.2, 0.25) is 0 Å². The summed E-state index contributed by atoms with van der Waals surface area (Å²) in [4.78, 5) is 44.8. The van der Waals surface area contributed by atoms with Crippen molar-refractivity contribution in [2.24, 2.45) is 11.8 Å². The number of hydrogen-bond donors (Lipinski definition) is 1. The number of rotatable bonds is 5. The molecule has 2 aliphatic heterocycles. The topological polar surface area (TPSA) is 101 Å². The lowest BCUT2D eigenvalue weighted by Crippen LogP contribution is -2.52. The average Bonchev–Trinajstić information content (AvgIpc) is 3.74. The first-order valence-electron chi connectivity index (χ1n) is 13.2. The van der Waals surface area contributed by atoms with E-state index in [1.54, 1.807) is 37.3 Å². The van der Waals surface area contributed by atoms with Crippen molar-refractivity contribution < 1.29 is 28.6 Å². The number of carbonyl (C=O) groups excluding carboxylic acids is 3. The van der Waals surface area contributed by atoms with E-state index in [9.17, 15) is 14.4 Å². The summed E-state index contributed by atoms with van der Waals surface area (Å²) in [6.07, 6.45) is 1.56. The van der Waals surface area contributed by atoms with E-state index in [4.69, 9.17) is 14.2 Å². The first kappa shape index (κ1) is 27.3. The zero-order valence-corrected chi connectivity index (χ0v) is 22.4. The number of nitrogens with one attached hydrogen (secondary N) is 1. The Morgan fingerprint density at radius 1 is 1.14 bits per heavy atom. The predicted octanol–water partition coefficient (Wildman–Crippen LogP) is 1.70. The number of methoxy groups -OCH3 is 1. The lowest BCUT2D eigenvalue weighted by Gasteiger charge is -2.37. The van der Waals surface area contributed by atoms with Crippen LogP contribution in [-0.4, -0.2) is 111 Å². The molecule has 1 aromatic rings. The Hall–Kier alpha value is -2.69. The number of amides is 3. The Morgan fingerprint density at radius 3 is 2.54 bits per heavy atom. The summed E-state index contributed by atoms with van der Waals surface area (Å²) in [7, 11) is 3.38. The minimum Gasteiger partial charge on any atom is -0.491 e. The maximum absolute atomic E-state index is 13.5. The van der Waals surface area contributed by atoms with Gasteiger partial charge in [-0.05, 0) is 31.9 Å². The van der Waals surface area contributed by atoms with Gasteiger partial charge in [-0.25, -0.2) is 0 Å². The number of ether oxygens (including phenoxy) is 3. The van der Waals surface area contributed by atoms with Gasteiger partial charge in [0, 0.05) is 63.9 Å². The van der Waals surface area contributed by atoms with E-state index in [0.717, 1.165) is 25.9 Å². The van der Waals surface area contributed by atoms with E-state index >= 15 is 0 Å². The van der Waals surface area contributed by atoms with E-state index in [0.29, 0.717) is 49.8 Å². The normalized spacial score (nSPS) is 25.9. The van der Waals surface area contributed by atoms with Gasteiger partial charge in [-0.2, -0.15) is 0 Å². The van der Waals surface area contributed by atoms with Crippen molar-refractivity contribution in [2.45, 2.75) is 38.8 Å². The molecule has 1 saturated heterocycles. The van der Waals surface area contributed by atoms with Gasteiger partial charge in [0.25, 0.3) is 5.91 Å². The van der Waals surface area contributed by atoms with Crippen LogP contribution in [0.15, 0.2) is 18.2 Å². The van der Waals surface area contributed by atoms with Crippen LogP contribution < -0.4 is 10.1 Å². The predicted molar refractivity (Wildman–Crippen MR) is 139 cm³/mol. The monoisotopic (exact) mass is 516 g/mol. The van der Waals surface area contributed by atoms with E-state index in [1.807, 2.05) is 18.7 Å². The lowest BCUT2D eigenvalue weighted by atomic mass is 10.0. The second kappa shape index (κ2) is 12.2. The average molecular weight is 517 g/mol. The molecule has 0 spiro atoms. The van der Waals surface area contributed by atoms with Crippen molar-refractivity contribution in [2.75, 3.05) is 72.0 Å². The third kappa shape index (κ3) is 7.00. The van der Waals surface area contributed by atoms with E-state index in [2.05, 4.69) is 10.2 Å². The molecule has 1 aromatic carbocycles. The number of likely N-dealkylation sites (N-methyl/N-ethyl adjacent to an activating group) is 1. The summed E-state index contributed by atoms with van der Waals surface area (Å²) in [5.41, 5.74) is 1.00. The van der Waals surface area contributed by atoms with Crippen LogP contribution in [0.4, 0.5) is 5.69 Å². The molecule has 1 N–H and O–H groups in total. The van der Waals surface area contributed by atoms with Crippen molar-refractivity contribution in [3.8, 4) is 5.75 Å². The number of carbonyl (C=O) groups is 3. The number of fused-ring (bicyclic) bond motifs is 1. The highest BCUT2D eigenvalue weighted by Crippen LogP contribution is 2.32. The summed E-state index contributed by atoms with van der Waals surface area (Å²) in [6, 6.07) is 4.90. The molecule has 3 amide bonds. The Morgan fingerprint density at radius 2 is 1.86 bits per heavy atom. The molecule has 0 aromatic heterocycles. The van der Waals surface area contributed by atoms with Crippen LogP contribution in [0.1, 0.15) is 37.0 Å². The van der Waals surface area contributed by atoms with Crippen molar-refractivity contribution >= 4 is 23.4 Å². The molecule has 10 nitrogen and oxygen atoms in total. The van der Waals surface area contributed by atoms with E-state index < -0.39 is 0 Å². The standard InChI is InChI=1S/C27H40N4O6/c1-18-14-31(25(32)16-30-9-11-36-12-10-30)19(2)17-37-23-13-21(28-26(33)20-5-6-20)7-8-22(23)27(34)29(3)15-24(18)35-4/h7-8,13,18-20,24H,5-6,9-12,14-17H2,1-4H3,(H,28,33)/t18-,19+,24+/m1/s1. The van der Waals surface area contributed by atoms with Gasteiger partial charge < -0.3 is 29.3 Å². The van der Waals surface area contributed by atoms with Gasteiger partial charge in [0.1, 0.15) is 12.4 Å². The molecule has 0 radical (unpaired) electrons. The molecule has 3 atom stereocenters. The minimum absolute atomic E-state index is 0.00440. The van der Waals surface area contributed by atoms with Gasteiger partial charge in [-0.1, -0.05) is 6.92 Å². The highest BCUT2D eigenvalue weighted by Gasteiger charge is 2.32. The van der Waals surface area contributed by atoms with Gasteiger partial charge in [-0.15, -0.1) is 0 Å². The quantitative estimate of drug-likeness (QED) is 0.636. The van der Waals surface area contributed by atoms with Crippen LogP contribution >= 0.6 is 0 Å². The van der Waals surface area contributed by atoms with Crippen LogP contribution in [0, 0.1) is 11.8 Å². The van der Waals surface area contributed by atoms with Crippen LogP contribution in [0.25, 0.3) is 0 Å². The van der Waals surface area contributed by atoms with Crippen LogP contribution in [0.3, 0.4) is 0 Å². The summed E-state index contributed by atoms with van der Waals surface area (Å²) >= 11 is 0. The highest BCUT2D eigenvalue weighted by atomic mass is 16.5. The number of hydrogen-bond acceptors (Lipinski definition) is 7. The molecular weight excluding hydrogens is 476 g/mol. The first-order chi connectivity index (χ1) is 17.8. The molecule has 0 bridgehead atoms. The molecule has 37 heavy (non-hydrogen) atoms. The second-order valence-electron chi connectivity index (χ2n) is 10.5. The van der Waals surface area contributed by atoms with Crippen LogP contribution in [-0.2, 0) is 19.1 Å². The zero-order chi connectivity index (χ0) is 26.5. The molecule has 10 heteroatoms. The summed E-state index contributed by atoms with van der Waals surface area (Å²) in [6.45, 7) is 8.12. The number of benzene rings is 1. The van der Waals surface area contributed by atoms with Gasteiger partial charge in [0.05, 0.1) is 37.5 Å². The molecule has 2 fully saturated rings. The minimum atomic E-state index is -0.249. The Balaban J connectivity index is 1.58. The maximum atomic E-state index is 13.5. The van der Waals surface area contributed by atoms with Crippen molar-refractivity contribution in [3.05, 3.63) is 23.8 Å². The number of anilines is 1. The van der Waals surface area contributed by atoms with Crippen molar-refractivity contribution in [3.63, 3.8) is 0 Å². The van der Waals surface area contributed by atoms with E-state index in [-0.39, 0.29) is 48.3 Å². The van der Waals surface area contributed by atoms with E-state index in [1.165, 1.54) is 0 Å². The fourth-order valence-electron chi connectivity index (χ4n) is 4.83. The van der Waals surface area contributed by atoms with Gasteiger partial charge in [0.2, 0.25) is 11.8 Å². The molecule has 1 aliphatic carbocycles. The Kier molecular flexibility index (Phi) is 9.04. The van der Waals surface area contributed by atoms with Gasteiger partial charge in [0.15, 0.2) is 0 Å². The lowest BCUT2D eigenvalue weighted by molar-refractivity contribution is -0.137. The van der Waals surface area contributed by atoms with Crippen molar-refractivity contribution in [1.29, 1.82) is 0 Å². The van der Waals surface area contributed by atoms with Crippen LogP contribution in [0.5, 0.6) is 5.75 Å². The fourth-order valence-corrected chi connectivity index (χ4v) is 4.83. The fraction of sp³-hybridized carbons (Fsp3) is 0.667. The summed E-state index contributed by atoms with van der Waals surface area (Å²) in [5, 5.41) is 2.93.